The van der Waals surface area contributed by atoms with Gasteiger partial charge in [0.05, 0.1) is 46.8 Å². The number of benzene rings is 7. The van der Waals surface area contributed by atoms with E-state index in [0.717, 1.165) is 42.5 Å². The number of hydrogen-bond donors (Lipinski definition) is 9. The minimum Gasteiger partial charge on any atom is -0.506 e. The molecule has 78 heavy (non-hydrogen) atoms. The Bertz CT molecular complexity index is 4530. The quantitative estimate of drug-likeness (QED) is 0.0262. The first-order valence-corrected chi connectivity index (χ1v) is 28.4. The lowest BCUT2D eigenvalue weighted by Gasteiger charge is -2.17. The molecule has 1 aliphatic rings. The van der Waals surface area contributed by atoms with Crippen LogP contribution >= 0.6 is 0 Å². The predicted octanol–water partition coefficient (Wildman–Crippen LogP) is 9.07. The number of anilines is 1. The van der Waals surface area contributed by atoms with Gasteiger partial charge < -0.3 is 19.7 Å². The highest BCUT2D eigenvalue weighted by Crippen LogP contribution is 2.46. The third-order valence-electron chi connectivity index (χ3n) is 11.3. The summed E-state index contributed by atoms with van der Waals surface area (Å²) < 4.78 is 181. The molecule has 404 valence electrons. The van der Waals surface area contributed by atoms with Gasteiger partial charge in [0.2, 0.25) is 0 Å². The predicted molar refractivity (Wildman–Crippen MR) is 277 cm³/mol. The second-order valence-electron chi connectivity index (χ2n) is 16.3. The Kier molecular flexibility index (Phi) is 14.6. The molecule has 9 N–H and O–H groups in total. The molecule has 0 saturated heterocycles. The molecule has 0 saturated carbocycles. The molecule has 0 spiro atoms. The molecule has 7 aromatic carbocycles. The number of methoxy groups -OCH3 is 2. The average molecular weight is 1170 g/mol. The van der Waals surface area contributed by atoms with Gasteiger partial charge in [0.1, 0.15) is 60.4 Å². The number of allylic oxidation sites excluding steroid dienone is 1. The van der Waals surface area contributed by atoms with E-state index < -0.39 is 98.0 Å². The number of fused-ring (bicyclic) bond motifs is 3. The number of rotatable bonds is 15. The first kappa shape index (κ1) is 55.7. The van der Waals surface area contributed by atoms with Crippen molar-refractivity contribution in [3.8, 4) is 23.0 Å². The molecule has 0 aromatic heterocycles. The van der Waals surface area contributed by atoms with Gasteiger partial charge in [-0.15, -0.1) is 20.5 Å². The van der Waals surface area contributed by atoms with Gasteiger partial charge in [-0.1, -0.05) is 12.1 Å². The number of nitrogens with zero attached hydrogens (tertiary/aromatic N) is 7. The van der Waals surface area contributed by atoms with Crippen LogP contribution in [0.1, 0.15) is 16.7 Å². The van der Waals surface area contributed by atoms with Crippen LogP contribution in [0.4, 0.5) is 39.8 Å². The van der Waals surface area contributed by atoms with Gasteiger partial charge in [0, 0.05) is 40.1 Å². The van der Waals surface area contributed by atoms with Crippen LogP contribution in [0.3, 0.4) is 0 Å². The first-order valence-electron chi connectivity index (χ1n) is 21.2. The Balaban J connectivity index is 1.04. The van der Waals surface area contributed by atoms with Crippen LogP contribution in [-0.4, -0.2) is 101 Å². The van der Waals surface area contributed by atoms with E-state index in [1.807, 2.05) is 0 Å². The fourth-order valence-corrected chi connectivity index (χ4v) is 10.9. The van der Waals surface area contributed by atoms with Crippen LogP contribution in [0, 0.1) is 12.3 Å². The Hall–Kier alpha value is -8.51. The summed E-state index contributed by atoms with van der Waals surface area (Å²) in [6.07, 6.45) is 2.29. The number of azo groups is 3. The van der Waals surface area contributed by atoms with E-state index in [2.05, 4.69) is 41.2 Å². The number of aryl methyl sites for hydroxylation is 1. The average Bonchev–Trinajstić information content (AvgIpc) is 3.38. The lowest BCUT2D eigenvalue weighted by atomic mass is 9.94. The van der Waals surface area contributed by atoms with Crippen molar-refractivity contribution in [1.29, 1.82) is 5.41 Å². The maximum absolute atomic E-state index is 12.7. The van der Waals surface area contributed by atoms with Gasteiger partial charge in [0.25, 0.3) is 50.6 Å². The van der Waals surface area contributed by atoms with Crippen LogP contribution in [0.25, 0.3) is 27.6 Å². The van der Waals surface area contributed by atoms with E-state index in [4.69, 9.17) is 14.9 Å². The monoisotopic (exact) mass is 1170 g/mol. The molecule has 1 aliphatic carbocycles. The molecule has 0 amide bonds. The molecule has 0 heterocycles. The maximum Gasteiger partial charge on any atom is 0.296 e. The summed E-state index contributed by atoms with van der Waals surface area (Å²) >= 11 is 0. The first-order chi connectivity index (χ1) is 36.3. The topological polar surface area (TPSA) is 453 Å². The number of aromatic hydroxyl groups is 2. The van der Waals surface area contributed by atoms with Gasteiger partial charge in [-0.3, -0.25) is 33.6 Å². The summed E-state index contributed by atoms with van der Waals surface area (Å²) in [4.78, 5) is -4.33. The molecule has 0 fully saturated rings. The number of phenols is 2. The Morgan fingerprint density at radius 1 is 0.513 bits per heavy atom. The molecule has 8 rings (SSSR count). The third-order valence-corrected chi connectivity index (χ3v) is 15.6. The van der Waals surface area contributed by atoms with Gasteiger partial charge in [-0.05, 0) is 96.1 Å². The Morgan fingerprint density at radius 3 is 1.71 bits per heavy atom. The summed E-state index contributed by atoms with van der Waals surface area (Å²) in [6.45, 7) is 1.63. The Morgan fingerprint density at radius 2 is 1.09 bits per heavy atom. The van der Waals surface area contributed by atoms with Crippen molar-refractivity contribution in [3.05, 3.63) is 114 Å². The lowest BCUT2D eigenvalue weighted by Crippen LogP contribution is -2.21. The Labute approximate surface area is 440 Å². The highest BCUT2D eigenvalue weighted by Gasteiger charge is 2.29. The van der Waals surface area contributed by atoms with E-state index in [1.54, 1.807) is 6.92 Å². The summed E-state index contributed by atoms with van der Waals surface area (Å²) in [5.41, 5.74) is 1.10. The van der Waals surface area contributed by atoms with Crippen molar-refractivity contribution < 1.29 is 84.5 Å². The van der Waals surface area contributed by atoms with Crippen LogP contribution in [0.2, 0.25) is 0 Å². The molecule has 0 aliphatic heterocycles. The maximum atomic E-state index is 12.7. The summed E-state index contributed by atoms with van der Waals surface area (Å²) in [5.74, 6) is -1.33. The summed E-state index contributed by atoms with van der Waals surface area (Å²) in [6, 6.07) is 16.8. The van der Waals surface area contributed by atoms with E-state index >= 15 is 0 Å². The number of phenolic OH excluding ortho intramolecular Hbond substituents is 2. The zero-order chi connectivity index (χ0) is 57.0. The van der Waals surface area contributed by atoms with Crippen LogP contribution in [-0.2, 0) is 50.6 Å². The molecular formula is C45H35N9O19S5. The van der Waals surface area contributed by atoms with E-state index in [1.165, 1.54) is 62.8 Å². The lowest BCUT2D eigenvalue weighted by molar-refractivity contribution is 0.413. The van der Waals surface area contributed by atoms with Crippen molar-refractivity contribution in [3.63, 3.8) is 0 Å². The van der Waals surface area contributed by atoms with Gasteiger partial charge in [-0.25, -0.2) is 0 Å². The SMILES string of the molecule is COc1cc(N=Nc2c(S(=O)(=O)O)cc3cc(N/N=C4/C=Cc5c(cc(S(=O)(=O)O)cc5S(=O)(=O)O)C4=N)ccc3c2O)c(O)cc1N=Nc1cc(C)c(/N=N\c2ccc3cc(S(=O)(=O)O)cc(S(=O)(=O)O)c3c2)cc1OC. The number of nitrogens with one attached hydrogen (secondary N) is 2. The molecule has 28 nitrogen and oxygen atoms in total. The number of hydrogen-bond acceptors (Lipinski definition) is 23. The molecule has 0 unspecified atom stereocenters. The molecule has 0 atom stereocenters. The second-order valence-corrected chi connectivity index (χ2v) is 23.3. The minimum atomic E-state index is -5.17. The summed E-state index contributed by atoms with van der Waals surface area (Å²) in [7, 11) is -22.5. The summed E-state index contributed by atoms with van der Waals surface area (Å²) in [5, 5.41) is 59.3. The smallest absolute Gasteiger partial charge is 0.296 e. The van der Waals surface area contributed by atoms with Crippen LogP contribution < -0.4 is 14.9 Å². The van der Waals surface area contributed by atoms with Crippen molar-refractivity contribution >= 4 is 129 Å². The fourth-order valence-electron chi connectivity index (χ4n) is 7.57. The van der Waals surface area contributed by atoms with Crippen molar-refractivity contribution in [1.82, 2.24) is 0 Å². The van der Waals surface area contributed by atoms with E-state index in [-0.39, 0.29) is 84.0 Å². The molecule has 0 bridgehead atoms. The molecule has 7 aromatic rings. The molecule has 0 radical (unpaired) electrons. The number of hydrazone groups is 1. The largest absolute Gasteiger partial charge is 0.506 e. The molecule has 33 heteroatoms. The van der Waals surface area contributed by atoms with Crippen molar-refractivity contribution in [2.24, 2.45) is 35.8 Å². The van der Waals surface area contributed by atoms with Crippen LogP contribution in [0.5, 0.6) is 23.0 Å². The zero-order valence-corrected chi connectivity index (χ0v) is 43.6. The zero-order valence-electron chi connectivity index (χ0n) is 39.5. The van der Waals surface area contributed by atoms with Gasteiger partial charge >= 0.3 is 0 Å². The molecular weight excluding hydrogens is 1130 g/mol. The fraction of sp³-hybridized carbons (Fsp3) is 0.0667. The van der Waals surface area contributed by atoms with E-state index in [9.17, 15) is 75.1 Å². The van der Waals surface area contributed by atoms with Gasteiger partial charge in [0.15, 0.2) is 5.75 Å². The standard InChI is InChI=1S/C45H35N9O19S5/c1-21-10-35(38(72-2)19-33(21)50-48-25-5-4-22-12-26(74(57,58)59)16-41(30(22)14-25)77(66,67)68)52-53-36-18-37(55)34(20-39(36)73-3)51-54-44-42(78(69,70)71)13-23-11-24(6-7-28(23)45(44)56)47-49-32-9-8-29-31(43(32)46)15-27(75(60,61)62)17-40(29)76(63,64)65/h4-20,46-47,55-56H,1-3H3,(H,57,58,59)(H,60,61,62)(H,63,64,65)(H,66,67,68)(H,69,70,71)/b46-43?,49-32-,50-48-,53-52?,54-51?. The third kappa shape index (κ3) is 11.6. The van der Waals surface area contributed by atoms with E-state index in [0.29, 0.717) is 17.7 Å². The highest BCUT2D eigenvalue weighted by molar-refractivity contribution is 7.87. The minimum absolute atomic E-state index is 0.0207. The van der Waals surface area contributed by atoms with Gasteiger partial charge in [-0.2, -0.15) is 57.4 Å². The van der Waals surface area contributed by atoms with Crippen molar-refractivity contribution in [2.75, 3.05) is 19.6 Å². The van der Waals surface area contributed by atoms with Crippen molar-refractivity contribution in [2.45, 2.75) is 31.4 Å². The second kappa shape index (κ2) is 20.5. The van der Waals surface area contributed by atoms with Crippen LogP contribution in [0.15, 0.2) is 157 Å². The normalized spacial score (nSPS) is 14.1. The number of ether oxygens (including phenoxy) is 2. The highest BCUT2D eigenvalue weighted by atomic mass is 32.2.